The zero-order valence-electron chi connectivity index (χ0n) is 13.4. The minimum absolute atomic E-state index is 0.0589. The van der Waals surface area contributed by atoms with Gasteiger partial charge < -0.3 is 9.64 Å². The number of nitrogens with zero attached hydrogens (tertiary/aromatic N) is 1. The van der Waals surface area contributed by atoms with Gasteiger partial charge in [-0.15, -0.1) is 0 Å². The molecule has 2 saturated heterocycles. The van der Waals surface area contributed by atoms with E-state index < -0.39 is 11.1 Å². The summed E-state index contributed by atoms with van der Waals surface area (Å²) < 4.78 is 5.66. The van der Waals surface area contributed by atoms with E-state index in [1.807, 2.05) is 0 Å². The van der Waals surface area contributed by atoms with Gasteiger partial charge in [0, 0.05) is 23.7 Å². The Bertz CT molecular complexity index is 744. The Morgan fingerprint density at radius 3 is 2.72 bits per heavy atom. The minimum atomic E-state index is -0.453. The van der Waals surface area contributed by atoms with E-state index in [2.05, 4.69) is 5.32 Å². The molecule has 0 radical (unpaired) electrons. The lowest BCUT2D eigenvalue weighted by atomic mass is 10.1. The first-order valence-corrected chi connectivity index (χ1v) is 9.17. The summed E-state index contributed by atoms with van der Waals surface area (Å²) in [4.78, 5) is 37.3. The van der Waals surface area contributed by atoms with E-state index in [1.165, 1.54) is 6.08 Å². The second-order valence-corrected chi connectivity index (χ2v) is 7.22. The maximum absolute atomic E-state index is 12.2. The van der Waals surface area contributed by atoms with Gasteiger partial charge in [0.25, 0.3) is 17.1 Å². The van der Waals surface area contributed by atoms with E-state index in [1.54, 1.807) is 23.1 Å². The summed E-state index contributed by atoms with van der Waals surface area (Å²) in [6.45, 7) is 1.45. The topological polar surface area (TPSA) is 75.7 Å². The average molecular weight is 381 g/mol. The second kappa shape index (κ2) is 7.93. The minimum Gasteiger partial charge on any atom is -0.483 e. The predicted molar refractivity (Wildman–Crippen MR) is 96.5 cm³/mol. The van der Waals surface area contributed by atoms with Gasteiger partial charge in [0.1, 0.15) is 5.75 Å². The molecular weight excluding hydrogens is 364 g/mol. The third kappa shape index (κ3) is 4.55. The van der Waals surface area contributed by atoms with E-state index >= 15 is 0 Å². The van der Waals surface area contributed by atoms with Gasteiger partial charge >= 0.3 is 0 Å². The third-order valence-electron chi connectivity index (χ3n) is 3.96. The summed E-state index contributed by atoms with van der Waals surface area (Å²) in [5.41, 5.74) is 0.547. The molecule has 0 spiro atoms. The van der Waals surface area contributed by atoms with Crippen LogP contribution in [-0.4, -0.2) is 41.6 Å². The molecule has 25 heavy (non-hydrogen) atoms. The molecule has 6 nitrogen and oxygen atoms in total. The SMILES string of the molecule is O=C1NC(=O)/C(=C/c2cc(Cl)ccc2OCC(=O)N2CCCCC2)S1. The van der Waals surface area contributed by atoms with Crippen molar-refractivity contribution in [3.8, 4) is 5.75 Å². The van der Waals surface area contributed by atoms with Crippen molar-refractivity contribution < 1.29 is 19.1 Å². The maximum atomic E-state index is 12.2. The van der Waals surface area contributed by atoms with Gasteiger partial charge in [-0.3, -0.25) is 19.7 Å². The van der Waals surface area contributed by atoms with E-state index in [0.717, 1.165) is 44.1 Å². The van der Waals surface area contributed by atoms with Crippen LogP contribution in [0.2, 0.25) is 5.02 Å². The number of carbonyl (C=O) groups is 3. The lowest BCUT2D eigenvalue weighted by Gasteiger charge is -2.26. The van der Waals surface area contributed by atoms with Crippen LogP contribution in [-0.2, 0) is 9.59 Å². The number of imide groups is 1. The number of nitrogens with one attached hydrogen (secondary N) is 1. The van der Waals surface area contributed by atoms with Crippen molar-refractivity contribution in [2.24, 2.45) is 0 Å². The summed E-state index contributed by atoms with van der Waals surface area (Å²) in [5.74, 6) is -0.0725. The van der Waals surface area contributed by atoms with Crippen molar-refractivity contribution in [1.82, 2.24) is 10.2 Å². The molecule has 1 aromatic carbocycles. The molecule has 0 atom stereocenters. The number of carbonyl (C=O) groups excluding carboxylic acids is 3. The van der Waals surface area contributed by atoms with Gasteiger partial charge in [-0.25, -0.2) is 0 Å². The largest absolute Gasteiger partial charge is 0.483 e. The molecule has 0 aliphatic carbocycles. The Hall–Kier alpha value is -1.99. The van der Waals surface area contributed by atoms with Crippen LogP contribution in [0.3, 0.4) is 0 Å². The van der Waals surface area contributed by atoms with Crippen molar-refractivity contribution >= 4 is 46.5 Å². The number of benzene rings is 1. The van der Waals surface area contributed by atoms with E-state index in [9.17, 15) is 14.4 Å². The molecule has 0 aromatic heterocycles. The molecule has 1 aromatic rings. The highest BCUT2D eigenvalue weighted by atomic mass is 35.5. The van der Waals surface area contributed by atoms with Gasteiger partial charge in [0.2, 0.25) is 0 Å². The molecule has 0 unspecified atom stereocenters. The molecule has 2 aliphatic rings. The molecule has 1 N–H and O–H groups in total. The lowest BCUT2D eigenvalue weighted by molar-refractivity contribution is -0.134. The summed E-state index contributed by atoms with van der Waals surface area (Å²) in [7, 11) is 0. The van der Waals surface area contributed by atoms with Crippen molar-refractivity contribution in [3.05, 3.63) is 33.7 Å². The summed E-state index contributed by atoms with van der Waals surface area (Å²) in [6.07, 6.45) is 4.73. The van der Waals surface area contributed by atoms with Crippen LogP contribution in [0.1, 0.15) is 24.8 Å². The van der Waals surface area contributed by atoms with Crippen molar-refractivity contribution in [2.45, 2.75) is 19.3 Å². The normalized spacial score (nSPS) is 19.2. The van der Waals surface area contributed by atoms with Gasteiger partial charge in [-0.05, 0) is 55.3 Å². The Morgan fingerprint density at radius 2 is 2.04 bits per heavy atom. The van der Waals surface area contributed by atoms with E-state index in [0.29, 0.717) is 16.3 Å². The maximum Gasteiger partial charge on any atom is 0.290 e. The molecule has 0 bridgehead atoms. The molecule has 8 heteroatoms. The fourth-order valence-corrected chi connectivity index (χ4v) is 3.55. The molecule has 3 rings (SSSR count). The lowest BCUT2D eigenvalue weighted by Crippen LogP contribution is -2.38. The Morgan fingerprint density at radius 1 is 1.28 bits per heavy atom. The molecule has 2 aliphatic heterocycles. The number of amides is 3. The van der Waals surface area contributed by atoms with Crippen molar-refractivity contribution in [3.63, 3.8) is 0 Å². The van der Waals surface area contributed by atoms with Crippen LogP contribution in [0, 0.1) is 0 Å². The van der Waals surface area contributed by atoms with Gasteiger partial charge in [0.05, 0.1) is 4.91 Å². The number of rotatable bonds is 4. The second-order valence-electron chi connectivity index (χ2n) is 5.76. The first-order valence-electron chi connectivity index (χ1n) is 7.98. The molecule has 3 amide bonds. The molecular formula is C17H17ClN2O4S. The number of hydrogen-bond donors (Lipinski definition) is 1. The molecule has 0 saturated carbocycles. The van der Waals surface area contributed by atoms with E-state index in [4.69, 9.17) is 16.3 Å². The summed E-state index contributed by atoms with van der Waals surface area (Å²) >= 11 is 6.84. The van der Waals surface area contributed by atoms with Gasteiger partial charge in [-0.2, -0.15) is 0 Å². The first kappa shape index (κ1) is 17.8. The number of ether oxygens (including phenoxy) is 1. The first-order chi connectivity index (χ1) is 12.0. The number of likely N-dealkylation sites (tertiary alicyclic amines) is 1. The third-order valence-corrected chi connectivity index (χ3v) is 5.01. The highest BCUT2D eigenvalue weighted by Gasteiger charge is 2.25. The smallest absolute Gasteiger partial charge is 0.290 e. The molecule has 132 valence electrons. The number of piperidine rings is 1. The molecule has 2 fully saturated rings. The van der Waals surface area contributed by atoms with Gasteiger partial charge in [0.15, 0.2) is 6.61 Å². The van der Waals surface area contributed by atoms with Crippen LogP contribution in [0.5, 0.6) is 5.75 Å². The zero-order valence-corrected chi connectivity index (χ0v) is 15.0. The Labute approximate surface area is 154 Å². The zero-order chi connectivity index (χ0) is 17.8. The highest BCUT2D eigenvalue weighted by Crippen LogP contribution is 2.30. The number of thioether (sulfide) groups is 1. The number of halogens is 1. The molecule has 2 heterocycles. The monoisotopic (exact) mass is 380 g/mol. The van der Waals surface area contributed by atoms with Gasteiger partial charge in [-0.1, -0.05) is 11.6 Å². The van der Waals surface area contributed by atoms with Crippen LogP contribution >= 0.6 is 23.4 Å². The Kier molecular flexibility index (Phi) is 5.65. The van der Waals surface area contributed by atoms with Crippen molar-refractivity contribution in [1.29, 1.82) is 0 Å². The Balaban J connectivity index is 1.73. The van der Waals surface area contributed by atoms with Crippen LogP contribution in [0.15, 0.2) is 23.1 Å². The van der Waals surface area contributed by atoms with Crippen LogP contribution in [0.4, 0.5) is 4.79 Å². The van der Waals surface area contributed by atoms with E-state index in [-0.39, 0.29) is 17.4 Å². The predicted octanol–water partition coefficient (Wildman–Crippen LogP) is 3.06. The fraction of sp³-hybridized carbons (Fsp3) is 0.353. The summed E-state index contributed by atoms with van der Waals surface area (Å²) in [5, 5.41) is 2.25. The fourth-order valence-electron chi connectivity index (χ4n) is 2.70. The van der Waals surface area contributed by atoms with Crippen LogP contribution < -0.4 is 10.1 Å². The van der Waals surface area contributed by atoms with Crippen molar-refractivity contribution in [2.75, 3.05) is 19.7 Å². The number of hydrogen-bond acceptors (Lipinski definition) is 5. The average Bonchev–Trinajstić information content (AvgIpc) is 2.92. The van der Waals surface area contributed by atoms with Crippen LogP contribution in [0.25, 0.3) is 6.08 Å². The highest BCUT2D eigenvalue weighted by molar-refractivity contribution is 8.18. The summed E-state index contributed by atoms with van der Waals surface area (Å²) in [6, 6.07) is 4.93. The quantitative estimate of drug-likeness (QED) is 0.812. The standard InChI is InChI=1S/C17H17ClN2O4S/c18-12-4-5-13(24-10-15(21)20-6-2-1-3-7-20)11(8-12)9-14-16(22)19-17(23)25-14/h4-5,8-9H,1-3,6-7,10H2,(H,19,22,23)/b14-9-.